The van der Waals surface area contributed by atoms with Gasteiger partial charge in [-0.25, -0.2) is 0 Å². The van der Waals surface area contributed by atoms with E-state index in [9.17, 15) is 5.11 Å². The standard InChI is InChI=1S/C9H7NO.Bi.2H2O/c11-8-5-1-3-7-4-2-6-10-9(7)8;;;/h1-6,11H;;2*1H2. The molecule has 5 N–H and O–H groups in total. The molecule has 0 bridgehead atoms. The van der Waals surface area contributed by atoms with E-state index in [2.05, 4.69) is 4.98 Å². The summed E-state index contributed by atoms with van der Waals surface area (Å²) in [7, 11) is 0. The predicted molar refractivity (Wildman–Crippen MR) is 56.4 cm³/mol. The molecule has 0 amide bonds. The first-order valence-electron chi connectivity index (χ1n) is 3.40. The molecule has 5 heteroatoms. The van der Waals surface area contributed by atoms with Crippen LogP contribution in [0.25, 0.3) is 10.9 Å². The Balaban J connectivity index is 0. The van der Waals surface area contributed by atoms with Crippen molar-refractivity contribution in [2.24, 2.45) is 0 Å². The van der Waals surface area contributed by atoms with Crippen LogP contribution in [0.1, 0.15) is 0 Å². The van der Waals surface area contributed by atoms with Crippen LogP contribution in [-0.4, -0.2) is 47.2 Å². The Hall–Kier alpha value is -0.767. The van der Waals surface area contributed by atoms with Gasteiger partial charge >= 0.3 is 0 Å². The Morgan fingerprint density at radius 3 is 2.29 bits per heavy atom. The summed E-state index contributed by atoms with van der Waals surface area (Å²) < 4.78 is 0. The zero-order valence-electron chi connectivity index (χ0n) is 7.31. The summed E-state index contributed by atoms with van der Waals surface area (Å²) in [6.07, 6.45) is 1.67. The largest absolute Gasteiger partial charge is 0.506 e. The molecule has 2 rings (SSSR count). The van der Waals surface area contributed by atoms with Gasteiger partial charge in [-0.15, -0.1) is 0 Å². The molecule has 3 radical (unpaired) electrons. The average Bonchev–Trinajstić information content (AvgIpc) is 2.06. The number of phenolic OH excluding ortho intramolecular Hbond substituents is 1. The molecular formula is C9H11BiNO3. The molecule has 0 aliphatic carbocycles. The maximum atomic E-state index is 9.31. The molecule has 14 heavy (non-hydrogen) atoms. The normalized spacial score (nSPS) is 8.00. The topological polar surface area (TPSA) is 96.1 Å². The van der Waals surface area contributed by atoms with Crippen LogP contribution in [0, 0.1) is 0 Å². The zero-order chi connectivity index (χ0) is 7.68. The van der Waals surface area contributed by atoms with Gasteiger partial charge in [0, 0.05) is 37.8 Å². The molecule has 4 nitrogen and oxygen atoms in total. The Labute approximate surface area is 100 Å². The number of aromatic nitrogens is 1. The number of benzene rings is 1. The third-order valence-electron chi connectivity index (χ3n) is 1.61. The minimum Gasteiger partial charge on any atom is -0.506 e. The molecular weight excluding hydrogens is 379 g/mol. The maximum Gasteiger partial charge on any atom is 0.141 e. The van der Waals surface area contributed by atoms with Crippen molar-refractivity contribution >= 4 is 37.1 Å². The van der Waals surface area contributed by atoms with Crippen molar-refractivity contribution in [3.63, 3.8) is 0 Å². The Morgan fingerprint density at radius 1 is 1.00 bits per heavy atom. The van der Waals surface area contributed by atoms with Crippen molar-refractivity contribution in [3.8, 4) is 5.75 Å². The second-order valence-electron chi connectivity index (χ2n) is 2.35. The SMILES string of the molecule is O.O.Oc1cccc2cccnc12.[Bi]. The summed E-state index contributed by atoms with van der Waals surface area (Å²) in [4.78, 5) is 4.03. The Morgan fingerprint density at radius 2 is 1.64 bits per heavy atom. The molecule has 0 spiro atoms. The monoisotopic (exact) mass is 390 g/mol. The van der Waals surface area contributed by atoms with Crippen molar-refractivity contribution in [1.29, 1.82) is 0 Å². The van der Waals surface area contributed by atoms with Crippen LogP contribution in [0.3, 0.4) is 0 Å². The van der Waals surface area contributed by atoms with Gasteiger partial charge in [-0.3, -0.25) is 4.98 Å². The number of fused-ring (bicyclic) bond motifs is 1. The number of hydrogen-bond donors (Lipinski definition) is 1. The van der Waals surface area contributed by atoms with Gasteiger partial charge in [0.1, 0.15) is 11.3 Å². The molecule has 0 aliphatic heterocycles. The summed E-state index contributed by atoms with van der Waals surface area (Å²) in [6, 6.07) is 9.13. The van der Waals surface area contributed by atoms with Crippen LogP contribution in [0.4, 0.5) is 0 Å². The number of hydrogen-bond acceptors (Lipinski definition) is 2. The van der Waals surface area contributed by atoms with Crippen molar-refractivity contribution in [2.75, 3.05) is 0 Å². The minimum absolute atomic E-state index is 0. The van der Waals surface area contributed by atoms with Crippen LogP contribution >= 0.6 is 0 Å². The van der Waals surface area contributed by atoms with Gasteiger partial charge in [-0.2, -0.15) is 0 Å². The Kier molecular flexibility index (Phi) is 7.46. The number of aromatic hydroxyl groups is 1. The molecule has 1 aromatic carbocycles. The van der Waals surface area contributed by atoms with Crippen LogP contribution in [0.15, 0.2) is 36.5 Å². The molecule has 75 valence electrons. The summed E-state index contributed by atoms with van der Waals surface area (Å²) in [6.45, 7) is 0. The third-order valence-corrected chi connectivity index (χ3v) is 1.61. The van der Waals surface area contributed by atoms with E-state index in [-0.39, 0.29) is 42.9 Å². The van der Waals surface area contributed by atoms with Gasteiger partial charge in [0.2, 0.25) is 0 Å². The molecule has 0 unspecified atom stereocenters. The molecule has 0 fully saturated rings. The van der Waals surface area contributed by atoms with Gasteiger partial charge in [0.15, 0.2) is 0 Å². The number of phenols is 1. The molecule has 0 aliphatic rings. The molecule has 0 saturated carbocycles. The molecule has 1 heterocycles. The molecule has 1 aromatic heterocycles. The second-order valence-corrected chi connectivity index (χ2v) is 2.35. The van der Waals surface area contributed by atoms with E-state index < -0.39 is 0 Å². The Bertz CT molecular complexity index is 389. The quantitative estimate of drug-likeness (QED) is 0.637. The van der Waals surface area contributed by atoms with Gasteiger partial charge in [0.25, 0.3) is 0 Å². The van der Waals surface area contributed by atoms with Crippen LogP contribution in [-0.2, 0) is 0 Å². The smallest absolute Gasteiger partial charge is 0.141 e. The van der Waals surface area contributed by atoms with E-state index >= 15 is 0 Å². The summed E-state index contributed by atoms with van der Waals surface area (Å²) in [5.41, 5.74) is 0.662. The fourth-order valence-corrected chi connectivity index (χ4v) is 1.09. The fourth-order valence-electron chi connectivity index (χ4n) is 1.09. The molecule has 2 aromatic rings. The number of para-hydroxylation sites is 1. The second kappa shape index (κ2) is 6.65. The van der Waals surface area contributed by atoms with Crippen LogP contribution in [0.5, 0.6) is 5.75 Å². The number of pyridine rings is 1. The van der Waals surface area contributed by atoms with E-state index in [4.69, 9.17) is 0 Å². The summed E-state index contributed by atoms with van der Waals surface area (Å²) >= 11 is 0. The number of nitrogens with zero attached hydrogens (tertiary/aromatic N) is 1. The fraction of sp³-hybridized carbons (Fsp3) is 0. The van der Waals surface area contributed by atoms with Crippen molar-refractivity contribution in [1.82, 2.24) is 4.98 Å². The minimum atomic E-state index is 0. The van der Waals surface area contributed by atoms with Crippen LogP contribution < -0.4 is 0 Å². The third kappa shape index (κ3) is 2.87. The zero-order valence-corrected chi connectivity index (χ0v) is 10.8. The van der Waals surface area contributed by atoms with Crippen LogP contribution in [0.2, 0.25) is 0 Å². The average molecular weight is 390 g/mol. The van der Waals surface area contributed by atoms with E-state index in [1.54, 1.807) is 18.3 Å². The van der Waals surface area contributed by atoms with E-state index in [0.29, 0.717) is 5.52 Å². The van der Waals surface area contributed by atoms with Crippen molar-refractivity contribution in [2.45, 2.75) is 0 Å². The van der Waals surface area contributed by atoms with Gasteiger partial charge in [-0.1, -0.05) is 18.2 Å². The number of rotatable bonds is 0. The van der Waals surface area contributed by atoms with E-state index in [1.165, 1.54) is 0 Å². The van der Waals surface area contributed by atoms with Gasteiger partial charge < -0.3 is 16.1 Å². The molecule has 0 saturated heterocycles. The first-order chi connectivity index (χ1) is 5.38. The molecule has 0 atom stereocenters. The summed E-state index contributed by atoms with van der Waals surface area (Å²) in [5, 5.41) is 10.3. The maximum absolute atomic E-state index is 9.31. The van der Waals surface area contributed by atoms with E-state index in [0.717, 1.165) is 5.39 Å². The van der Waals surface area contributed by atoms with Gasteiger partial charge in [0.05, 0.1) is 0 Å². The van der Waals surface area contributed by atoms with Gasteiger partial charge in [-0.05, 0) is 12.1 Å². The first kappa shape index (κ1) is 15.7. The summed E-state index contributed by atoms with van der Waals surface area (Å²) in [5.74, 6) is 0.239. The predicted octanol–water partition coefficient (Wildman–Crippen LogP) is -0.0898. The van der Waals surface area contributed by atoms with E-state index in [1.807, 2.05) is 18.2 Å². The van der Waals surface area contributed by atoms with Crippen molar-refractivity contribution < 1.29 is 16.1 Å². The van der Waals surface area contributed by atoms with Crippen molar-refractivity contribution in [3.05, 3.63) is 36.5 Å². The first-order valence-corrected chi connectivity index (χ1v) is 3.40.